The lowest BCUT2D eigenvalue weighted by Gasteiger charge is -2.23. The third kappa shape index (κ3) is 4.98. The van der Waals surface area contributed by atoms with E-state index in [0.717, 1.165) is 54.4 Å². The second-order valence-corrected chi connectivity index (χ2v) is 9.28. The smallest absolute Gasteiger partial charge is 0.224 e. The van der Waals surface area contributed by atoms with Crippen molar-refractivity contribution >= 4 is 16.9 Å². The van der Waals surface area contributed by atoms with Crippen LogP contribution in [-0.4, -0.2) is 88.8 Å². The minimum absolute atomic E-state index is 0.0767. The summed E-state index contributed by atoms with van der Waals surface area (Å²) in [6, 6.07) is 0.462. The molecule has 0 amide bonds. The number of aromatic nitrogens is 5. The molecular formula is C24H33N7O3. The van der Waals surface area contributed by atoms with Gasteiger partial charge in [-0.25, -0.2) is 15.0 Å². The van der Waals surface area contributed by atoms with Crippen LogP contribution in [-0.2, 0) is 9.47 Å². The van der Waals surface area contributed by atoms with E-state index in [1.165, 1.54) is 0 Å². The van der Waals surface area contributed by atoms with Crippen LogP contribution in [0.3, 0.4) is 0 Å². The normalized spacial score (nSPS) is 20.6. The van der Waals surface area contributed by atoms with Crippen LogP contribution in [0.5, 0.6) is 5.88 Å². The van der Waals surface area contributed by atoms with Crippen molar-refractivity contribution in [3.63, 3.8) is 0 Å². The van der Waals surface area contributed by atoms with Crippen molar-refractivity contribution in [3.8, 4) is 17.0 Å². The molecule has 0 aromatic carbocycles. The SMILES string of the molecule is COC[C@H](C)Nc1ncc2c(OC3CCOCC3)ncc(-c3cnn([C@H]4CCN(C)C4)c3)c2n1. The number of pyridine rings is 1. The number of nitrogens with zero attached hydrogens (tertiary/aromatic N) is 6. The van der Waals surface area contributed by atoms with Crippen molar-refractivity contribution in [3.05, 3.63) is 24.8 Å². The third-order valence-corrected chi connectivity index (χ3v) is 6.48. The van der Waals surface area contributed by atoms with Gasteiger partial charge >= 0.3 is 0 Å². The van der Waals surface area contributed by atoms with Gasteiger partial charge in [0.1, 0.15) is 6.10 Å². The number of hydrogen-bond donors (Lipinski definition) is 1. The maximum absolute atomic E-state index is 6.28. The second kappa shape index (κ2) is 10.2. The van der Waals surface area contributed by atoms with Gasteiger partial charge in [-0.05, 0) is 26.9 Å². The molecule has 5 rings (SSSR count). The molecule has 2 atom stereocenters. The fraction of sp³-hybridized carbons (Fsp3) is 0.583. The molecule has 182 valence electrons. The molecule has 5 heterocycles. The topological polar surface area (TPSA) is 99.4 Å². The van der Waals surface area contributed by atoms with Gasteiger partial charge in [0.15, 0.2) is 0 Å². The standard InChI is InChI=1S/C24H33N7O3/c1-16(15-32-3)28-24-26-12-21-22(29-24)20(11-25-23(21)34-19-5-8-33-9-6-19)17-10-27-31(13-17)18-4-7-30(2)14-18/h10-13,16,18-19H,4-9,14-15H2,1-3H3,(H,26,28,29)/t16-,18-/m0/s1. The summed E-state index contributed by atoms with van der Waals surface area (Å²) in [5.41, 5.74) is 2.69. The highest BCUT2D eigenvalue weighted by atomic mass is 16.5. The quantitative estimate of drug-likeness (QED) is 0.536. The van der Waals surface area contributed by atoms with Crippen molar-refractivity contribution in [2.45, 2.75) is 44.4 Å². The van der Waals surface area contributed by atoms with Crippen LogP contribution in [0.4, 0.5) is 5.95 Å². The Balaban J connectivity index is 1.50. The van der Waals surface area contributed by atoms with Crippen LogP contribution in [0, 0.1) is 0 Å². The summed E-state index contributed by atoms with van der Waals surface area (Å²) in [4.78, 5) is 16.4. The first-order valence-corrected chi connectivity index (χ1v) is 12.0. The maximum atomic E-state index is 6.28. The second-order valence-electron chi connectivity index (χ2n) is 9.28. The number of fused-ring (bicyclic) bond motifs is 1. The zero-order chi connectivity index (χ0) is 23.5. The van der Waals surface area contributed by atoms with E-state index in [0.29, 0.717) is 37.7 Å². The Morgan fingerprint density at radius 2 is 2.03 bits per heavy atom. The molecule has 0 aliphatic carbocycles. The Labute approximate surface area is 199 Å². The highest BCUT2D eigenvalue weighted by molar-refractivity contribution is 5.95. The van der Waals surface area contributed by atoms with Crippen LogP contribution < -0.4 is 10.1 Å². The molecule has 2 aliphatic rings. The lowest BCUT2D eigenvalue weighted by atomic mass is 10.1. The molecule has 1 N–H and O–H groups in total. The molecule has 2 fully saturated rings. The first-order valence-electron chi connectivity index (χ1n) is 12.0. The van der Waals surface area contributed by atoms with Crippen LogP contribution >= 0.6 is 0 Å². The minimum Gasteiger partial charge on any atom is -0.474 e. The number of ether oxygens (including phenoxy) is 3. The summed E-state index contributed by atoms with van der Waals surface area (Å²) in [6.45, 7) is 6.10. The average molecular weight is 468 g/mol. The van der Waals surface area contributed by atoms with E-state index in [4.69, 9.17) is 19.2 Å². The van der Waals surface area contributed by atoms with E-state index >= 15 is 0 Å². The molecule has 3 aromatic heterocycles. The van der Waals surface area contributed by atoms with E-state index in [9.17, 15) is 0 Å². The van der Waals surface area contributed by atoms with Gasteiger partial charge in [-0.3, -0.25) is 4.68 Å². The van der Waals surface area contributed by atoms with E-state index in [1.54, 1.807) is 13.3 Å². The van der Waals surface area contributed by atoms with Crippen molar-refractivity contribution in [2.24, 2.45) is 0 Å². The van der Waals surface area contributed by atoms with Gasteiger partial charge in [-0.1, -0.05) is 0 Å². The zero-order valence-electron chi connectivity index (χ0n) is 20.1. The average Bonchev–Trinajstić information content (AvgIpc) is 3.49. The number of methoxy groups -OCH3 is 1. The van der Waals surface area contributed by atoms with Crippen molar-refractivity contribution in [1.82, 2.24) is 29.6 Å². The maximum Gasteiger partial charge on any atom is 0.224 e. The van der Waals surface area contributed by atoms with Crippen LogP contribution in [0.2, 0.25) is 0 Å². The summed E-state index contributed by atoms with van der Waals surface area (Å²) < 4.78 is 19.1. The van der Waals surface area contributed by atoms with E-state index < -0.39 is 0 Å². The van der Waals surface area contributed by atoms with Gasteiger partial charge in [0.05, 0.1) is 43.0 Å². The lowest BCUT2D eigenvalue weighted by Crippen LogP contribution is -2.26. The van der Waals surface area contributed by atoms with Crippen LogP contribution in [0.25, 0.3) is 22.0 Å². The first-order chi connectivity index (χ1) is 16.6. The monoisotopic (exact) mass is 467 g/mol. The highest BCUT2D eigenvalue weighted by Gasteiger charge is 2.23. The molecule has 0 radical (unpaired) electrons. The zero-order valence-corrected chi connectivity index (χ0v) is 20.1. The van der Waals surface area contributed by atoms with Gasteiger partial charge in [-0.2, -0.15) is 5.10 Å². The fourth-order valence-corrected chi connectivity index (χ4v) is 4.64. The number of likely N-dealkylation sites (N-methyl/N-ethyl adjacent to an activating group) is 1. The van der Waals surface area contributed by atoms with Crippen molar-refractivity contribution < 1.29 is 14.2 Å². The van der Waals surface area contributed by atoms with Gasteiger partial charge in [0.25, 0.3) is 0 Å². The molecule has 2 aliphatic heterocycles. The predicted molar refractivity (Wildman–Crippen MR) is 129 cm³/mol. The van der Waals surface area contributed by atoms with Crippen molar-refractivity contribution in [2.75, 3.05) is 52.4 Å². The summed E-state index contributed by atoms with van der Waals surface area (Å²) in [7, 11) is 3.83. The molecule has 2 saturated heterocycles. The highest BCUT2D eigenvalue weighted by Crippen LogP contribution is 2.33. The molecule has 0 unspecified atom stereocenters. The number of likely N-dealkylation sites (tertiary alicyclic amines) is 1. The fourth-order valence-electron chi connectivity index (χ4n) is 4.64. The number of nitrogens with one attached hydrogen (secondary N) is 1. The van der Waals surface area contributed by atoms with Gasteiger partial charge < -0.3 is 24.4 Å². The minimum atomic E-state index is 0.0767. The van der Waals surface area contributed by atoms with Gasteiger partial charge in [0, 0.05) is 62.3 Å². The molecule has 34 heavy (non-hydrogen) atoms. The molecule has 0 saturated carbocycles. The van der Waals surface area contributed by atoms with Crippen LogP contribution in [0.15, 0.2) is 24.8 Å². The van der Waals surface area contributed by atoms with Crippen molar-refractivity contribution in [1.29, 1.82) is 0 Å². The molecule has 0 bridgehead atoms. The predicted octanol–water partition coefficient (Wildman–Crippen LogP) is 2.77. The Morgan fingerprint density at radius 1 is 1.18 bits per heavy atom. The Kier molecular flexibility index (Phi) is 6.89. The number of anilines is 1. The Hall–Kier alpha value is -2.82. The number of rotatable bonds is 8. The summed E-state index contributed by atoms with van der Waals surface area (Å²) in [6.07, 6.45) is 10.5. The summed E-state index contributed by atoms with van der Waals surface area (Å²) >= 11 is 0. The Morgan fingerprint density at radius 3 is 2.79 bits per heavy atom. The lowest BCUT2D eigenvalue weighted by molar-refractivity contribution is 0.0244. The summed E-state index contributed by atoms with van der Waals surface area (Å²) in [5.74, 6) is 1.11. The number of hydrogen-bond acceptors (Lipinski definition) is 9. The van der Waals surface area contributed by atoms with Crippen LogP contribution in [0.1, 0.15) is 32.2 Å². The third-order valence-electron chi connectivity index (χ3n) is 6.48. The first kappa shape index (κ1) is 22.9. The molecule has 10 heteroatoms. The van der Waals surface area contributed by atoms with E-state index in [1.807, 2.05) is 19.3 Å². The summed E-state index contributed by atoms with van der Waals surface area (Å²) in [5, 5.41) is 8.78. The molecule has 3 aromatic rings. The van der Waals surface area contributed by atoms with Gasteiger partial charge in [0.2, 0.25) is 11.8 Å². The largest absolute Gasteiger partial charge is 0.474 e. The Bertz CT molecular complexity index is 1120. The molecule has 10 nitrogen and oxygen atoms in total. The molecule has 0 spiro atoms. The van der Waals surface area contributed by atoms with Gasteiger partial charge in [-0.15, -0.1) is 0 Å². The van der Waals surface area contributed by atoms with E-state index in [2.05, 4.69) is 43.2 Å². The van der Waals surface area contributed by atoms with E-state index in [-0.39, 0.29) is 12.1 Å². The molecular weight excluding hydrogens is 434 g/mol.